The van der Waals surface area contributed by atoms with Crippen LogP contribution in [-0.2, 0) is 24.2 Å². The summed E-state index contributed by atoms with van der Waals surface area (Å²) in [5.41, 5.74) is 1.41. The van der Waals surface area contributed by atoms with Gasteiger partial charge in [0.25, 0.3) is 0 Å². The summed E-state index contributed by atoms with van der Waals surface area (Å²) in [5.74, 6) is 1.28. The van der Waals surface area contributed by atoms with Gasteiger partial charge in [0.05, 0.1) is 12.3 Å². The highest BCUT2D eigenvalue weighted by Gasteiger charge is 2.23. The maximum Gasteiger partial charge on any atom is 0.233 e. The zero-order valence-electron chi connectivity index (χ0n) is 15.2. The number of carbonyl (C=O) groups is 1. The third-order valence-electron chi connectivity index (χ3n) is 4.60. The monoisotopic (exact) mass is 415 g/mol. The zero-order chi connectivity index (χ0) is 18.8. The molecule has 0 spiro atoms. The van der Waals surface area contributed by atoms with E-state index < -0.39 is 0 Å². The van der Waals surface area contributed by atoms with Crippen molar-refractivity contribution in [3.8, 4) is 0 Å². The van der Waals surface area contributed by atoms with Gasteiger partial charge in [-0.2, -0.15) is 0 Å². The number of fused-ring (bicyclic) bond motifs is 3. The maximum absolute atomic E-state index is 12.8. The molecule has 0 fully saturated rings. The molecule has 7 heteroatoms. The molecule has 3 aromatic heterocycles. The van der Waals surface area contributed by atoms with Crippen LogP contribution < -0.4 is 0 Å². The number of thioether (sulfide) groups is 1. The predicted molar refractivity (Wildman–Crippen MR) is 115 cm³/mol. The van der Waals surface area contributed by atoms with E-state index in [4.69, 9.17) is 0 Å². The van der Waals surface area contributed by atoms with Gasteiger partial charge >= 0.3 is 0 Å². The fraction of sp³-hybridized carbons (Fsp3) is 0.350. The van der Waals surface area contributed by atoms with Crippen molar-refractivity contribution in [1.29, 1.82) is 0 Å². The molecule has 4 rings (SSSR count). The summed E-state index contributed by atoms with van der Waals surface area (Å²) in [6.07, 6.45) is 5.24. The van der Waals surface area contributed by atoms with E-state index in [1.165, 1.54) is 27.1 Å². The van der Waals surface area contributed by atoms with Crippen molar-refractivity contribution in [2.24, 2.45) is 0 Å². The molecule has 3 aromatic rings. The highest BCUT2D eigenvalue weighted by molar-refractivity contribution is 8.00. The normalized spacial score (nSPS) is 13.1. The van der Waals surface area contributed by atoms with Crippen LogP contribution in [0.25, 0.3) is 10.2 Å². The van der Waals surface area contributed by atoms with Gasteiger partial charge in [0.15, 0.2) is 0 Å². The Morgan fingerprint density at radius 1 is 1.41 bits per heavy atom. The minimum Gasteiger partial charge on any atom is -0.333 e. The van der Waals surface area contributed by atoms with Crippen LogP contribution in [0.2, 0.25) is 0 Å². The van der Waals surface area contributed by atoms with E-state index in [-0.39, 0.29) is 5.91 Å². The number of carbonyl (C=O) groups excluding carboxylic acids is 1. The van der Waals surface area contributed by atoms with E-state index in [0.717, 1.165) is 28.5 Å². The summed E-state index contributed by atoms with van der Waals surface area (Å²) in [4.78, 5) is 27.7. The Hall–Kier alpha value is -1.70. The van der Waals surface area contributed by atoms with E-state index in [1.54, 1.807) is 40.5 Å². The summed E-state index contributed by atoms with van der Waals surface area (Å²) >= 11 is 5.01. The Balaban J connectivity index is 1.53. The second kappa shape index (κ2) is 8.12. The minimum absolute atomic E-state index is 0.115. The van der Waals surface area contributed by atoms with Crippen LogP contribution in [0.1, 0.15) is 27.6 Å². The van der Waals surface area contributed by atoms with Gasteiger partial charge in [0.1, 0.15) is 15.7 Å². The Bertz CT molecular complexity index is 978. The molecule has 0 radical (unpaired) electrons. The van der Waals surface area contributed by atoms with Gasteiger partial charge in [-0.1, -0.05) is 23.9 Å². The second-order valence-electron chi connectivity index (χ2n) is 6.54. The van der Waals surface area contributed by atoms with Gasteiger partial charge in [-0.25, -0.2) is 9.97 Å². The number of thiophene rings is 2. The van der Waals surface area contributed by atoms with E-state index >= 15 is 0 Å². The maximum atomic E-state index is 12.8. The van der Waals surface area contributed by atoms with Crippen LogP contribution in [-0.4, -0.2) is 33.1 Å². The lowest BCUT2D eigenvalue weighted by atomic mass is 10.2. The molecule has 0 bridgehead atoms. The first-order valence-electron chi connectivity index (χ1n) is 8.98. The summed E-state index contributed by atoms with van der Waals surface area (Å²) in [5, 5.41) is 4.18. The number of aryl methyl sites for hydroxylation is 3. The van der Waals surface area contributed by atoms with Crippen molar-refractivity contribution in [3.63, 3.8) is 0 Å². The molecule has 0 unspecified atom stereocenters. The van der Waals surface area contributed by atoms with Crippen molar-refractivity contribution < 1.29 is 4.79 Å². The fourth-order valence-corrected chi connectivity index (χ4v) is 6.49. The first-order valence-corrected chi connectivity index (χ1v) is 11.7. The average Bonchev–Trinajstić information content (AvgIpc) is 3.36. The van der Waals surface area contributed by atoms with E-state index in [0.29, 0.717) is 18.8 Å². The Morgan fingerprint density at radius 3 is 3.07 bits per heavy atom. The molecule has 0 N–H and O–H groups in total. The molecule has 0 aliphatic heterocycles. The lowest BCUT2D eigenvalue weighted by Crippen LogP contribution is -2.31. The van der Waals surface area contributed by atoms with Crippen molar-refractivity contribution in [2.75, 3.05) is 12.3 Å². The predicted octanol–water partition coefficient (Wildman–Crippen LogP) is 4.86. The molecule has 0 saturated carbocycles. The topological polar surface area (TPSA) is 46.1 Å². The van der Waals surface area contributed by atoms with E-state index in [9.17, 15) is 4.79 Å². The second-order valence-corrected chi connectivity index (χ2v) is 9.62. The van der Waals surface area contributed by atoms with Crippen LogP contribution in [0.15, 0.2) is 35.2 Å². The largest absolute Gasteiger partial charge is 0.333 e. The lowest BCUT2D eigenvalue weighted by molar-refractivity contribution is -0.128. The highest BCUT2D eigenvalue weighted by Crippen LogP contribution is 2.40. The first-order chi connectivity index (χ1) is 13.2. The number of nitrogens with zero attached hydrogens (tertiary/aromatic N) is 3. The highest BCUT2D eigenvalue weighted by atomic mass is 32.2. The molecular formula is C20H21N3OS3. The van der Waals surface area contributed by atoms with Gasteiger partial charge in [-0.15, -0.1) is 29.3 Å². The Morgan fingerprint density at radius 2 is 2.30 bits per heavy atom. The molecule has 0 atom stereocenters. The number of hydrogen-bond acceptors (Lipinski definition) is 6. The standard InChI is InChI=1S/C20H21N3OS3/c1-3-9-23(11-14-6-5-10-25-14)17(24)12-26-19-18-15-7-4-8-16(15)27-20(18)22-13(2)21-19/h3,5-6,10H,1,4,7-9,11-12H2,2H3. The zero-order valence-corrected chi connectivity index (χ0v) is 17.7. The van der Waals surface area contributed by atoms with Crippen molar-refractivity contribution >= 4 is 50.6 Å². The number of amides is 1. The molecule has 140 valence electrons. The average molecular weight is 416 g/mol. The van der Waals surface area contributed by atoms with Crippen LogP contribution in [0, 0.1) is 6.92 Å². The number of hydrogen-bond donors (Lipinski definition) is 0. The molecular weight excluding hydrogens is 394 g/mol. The molecule has 3 heterocycles. The van der Waals surface area contributed by atoms with Crippen LogP contribution in [0.3, 0.4) is 0 Å². The van der Waals surface area contributed by atoms with Gasteiger partial charge < -0.3 is 4.90 Å². The first kappa shape index (κ1) is 18.7. The van der Waals surface area contributed by atoms with Crippen molar-refractivity contribution in [1.82, 2.24) is 14.9 Å². The number of rotatable bonds is 7. The summed E-state index contributed by atoms with van der Waals surface area (Å²) in [6.45, 7) is 6.92. The molecule has 1 aliphatic carbocycles. The van der Waals surface area contributed by atoms with Crippen molar-refractivity contribution in [3.05, 3.63) is 51.3 Å². The lowest BCUT2D eigenvalue weighted by Gasteiger charge is -2.20. The van der Waals surface area contributed by atoms with Gasteiger partial charge in [0, 0.05) is 21.7 Å². The summed E-state index contributed by atoms with van der Waals surface area (Å²) in [7, 11) is 0. The molecule has 27 heavy (non-hydrogen) atoms. The SMILES string of the molecule is C=CCN(Cc1cccs1)C(=O)CSc1nc(C)nc2sc3c(c12)CCC3. The molecule has 1 aliphatic rings. The Kier molecular flexibility index (Phi) is 5.61. The van der Waals surface area contributed by atoms with Gasteiger partial charge in [-0.3, -0.25) is 4.79 Å². The number of aromatic nitrogens is 2. The summed E-state index contributed by atoms with van der Waals surface area (Å²) < 4.78 is 0. The van der Waals surface area contributed by atoms with Crippen LogP contribution in [0.5, 0.6) is 0 Å². The van der Waals surface area contributed by atoms with E-state index in [1.807, 2.05) is 23.3 Å². The molecule has 1 amide bonds. The third-order valence-corrected chi connectivity index (χ3v) is 7.61. The van der Waals surface area contributed by atoms with Crippen LogP contribution in [0.4, 0.5) is 0 Å². The van der Waals surface area contributed by atoms with Crippen LogP contribution >= 0.6 is 34.4 Å². The molecule has 0 saturated heterocycles. The third kappa shape index (κ3) is 3.95. The molecule has 4 nitrogen and oxygen atoms in total. The van der Waals surface area contributed by atoms with Crippen molar-refractivity contribution in [2.45, 2.75) is 37.8 Å². The minimum atomic E-state index is 0.115. The Labute approximate surface area is 171 Å². The quantitative estimate of drug-likeness (QED) is 0.314. The van der Waals surface area contributed by atoms with Gasteiger partial charge in [0.2, 0.25) is 5.91 Å². The molecule has 0 aromatic carbocycles. The van der Waals surface area contributed by atoms with Gasteiger partial charge in [-0.05, 0) is 43.2 Å². The summed E-state index contributed by atoms with van der Waals surface area (Å²) in [6, 6.07) is 4.08. The van der Waals surface area contributed by atoms with E-state index in [2.05, 4.69) is 22.6 Å². The fourth-order valence-electron chi connectivity index (χ4n) is 3.39. The smallest absolute Gasteiger partial charge is 0.233 e.